The summed E-state index contributed by atoms with van der Waals surface area (Å²) in [7, 11) is 0. The fourth-order valence-electron chi connectivity index (χ4n) is 1.68. The van der Waals surface area contributed by atoms with Gasteiger partial charge in [0, 0.05) is 12.6 Å². The molecular formula is C14H19ClFNO3. The van der Waals surface area contributed by atoms with Crippen LogP contribution in [-0.2, 0) is 4.79 Å². The Balaban J connectivity index is 2.38. The fraction of sp³-hybridized carbons (Fsp3) is 0.500. The molecule has 0 aliphatic heterocycles. The minimum absolute atomic E-state index is 0.0613. The minimum Gasteiger partial charge on any atom is -0.484 e. The van der Waals surface area contributed by atoms with Gasteiger partial charge in [0.25, 0.3) is 5.91 Å². The van der Waals surface area contributed by atoms with Gasteiger partial charge in [0.2, 0.25) is 0 Å². The van der Waals surface area contributed by atoms with Crippen molar-refractivity contribution in [1.82, 2.24) is 5.32 Å². The van der Waals surface area contributed by atoms with Crippen LogP contribution in [0.2, 0.25) is 5.02 Å². The zero-order valence-electron chi connectivity index (χ0n) is 11.6. The molecule has 1 rings (SSSR count). The molecule has 1 atom stereocenters. The number of hydrogen-bond acceptors (Lipinski definition) is 3. The van der Waals surface area contributed by atoms with Gasteiger partial charge in [0.15, 0.2) is 6.61 Å². The van der Waals surface area contributed by atoms with E-state index in [0.717, 1.165) is 6.42 Å². The number of nitrogens with one attached hydrogen (secondary N) is 1. The van der Waals surface area contributed by atoms with E-state index < -0.39 is 11.4 Å². The third kappa shape index (κ3) is 5.75. The van der Waals surface area contributed by atoms with Crippen LogP contribution >= 0.6 is 11.6 Å². The average Bonchev–Trinajstić information content (AvgIpc) is 2.38. The van der Waals surface area contributed by atoms with Crippen LogP contribution in [0, 0.1) is 5.82 Å². The summed E-state index contributed by atoms with van der Waals surface area (Å²) in [5.74, 6) is -0.590. The van der Waals surface area contributed by atoms with Crippen molar-refractivity contribution < 1.29 is 19.0 Å². The van der Waals surface area contributed by atoms with Gasteiger partial charge < -0.3 is 15.2 Å². The summed E-state index contributed by atoms with van der Waals surface area (Å²) in [6.45, 7) is 3.56. The van der Waals surface area contributed by atoms with Crippen LogP contribution < -0.4 is 10.1 Å². The van der Waals surface area contributed by atoms with Crippen LogP contribution in [0.5, 0.6) is 5.75 Å². The SMILES string of the molecule is CCC[C@](C)(O)CNC(=O)COc1ccc(F)c(Cl)c1. The Hall–Kier alpha value is -1.33. The second kappa shape index (κ2) is 7.45. The molecule has 0 saturated carbocycles. The van der Waals surface area contributed by atoms with Gasteiger partial charge in [-0.25, -0.2) is 4.39 Å². The van der Waals surface area contributed by atoms with Gasteiger partial charge in [0.1, 0.15) is 11.6 Å². The van der Waals surface area contributed by atoms with Gasteiger partial charge in [-0.2, -0.15) is 0 Å². The lowest BCUT2D eigenvalue weighted by molar-refractivity contribution is -0.124. The fourth-order valence-corrected chi connectivity index (χ4v) is 1.85. The molecule has 0 spiro atoms. The molecule has 1 amide bonds. The van der Waals surface area contributed by atoms with Crippen LogP contribution in [0.25, 0.3) is 0 Å². The lowest BCUT2D eigenvalue weighted by Crippen LogP contribution is -2.42. The highest BCUT2D eigenvalue weighted by atomic mass is 35.5. The lowest BCUT2D eigenvalue weighted by atomic mass is 10.0. The van der Waals surface area contributed by atoms with Crippen molar-refractivity contribution in [2.24, 2.45) is 0 Å². The summed E-state index contributed by atoms with van der Waals surface area (Å²) >= 11 is 5.60. The number of aliphatic hydroxyl groups is 1. The highest BCUT2D eigenvalue weighted by Gasteiger charge is 2.19. The maximum absolute atomic E-state index is 12.9. The van der Waals surface area contributed by atoms with E-state index in [0.29, 0.717) is 12.2 Å². The molecule has 4 nitrogen and oxygen atoms in total. The van der Waals surface area contributed by atoms with Crippen molar-refractivity contribution >= 4 is 17.5 Å². The topological polar surface area (TPSA) is 58.6 Å². The average molecular weight is 304 g/mol. The number of hydrogen-bond donors (Lipinski definition) is 2. The van der Waals surface area contributed by atoms with E-state index in [1.807, 2.05) is 6.92 Å². The Bertz CT molecular complexity index is 466. The number of ether oxygens (including phenoxy) is 1. The van der Waals surface area contributed by atoms with Crippen LogP contribution in [0.4, 0.5) is 4.39 Å². The zero-order chi connectivity index (χ0) is 15.2. The second-order valence-corrected chi connectivity index (χ2v) is 5.30. The van der Waals surface area contributed by atoms with Crippen LogP contribution in [0.1, 0.15) is 26.7 Å². The first-order valence-corrected chi connectivity index (χ1v) is 6.79. The first-order valence-electron chi connectivity index (χ1n) is 6.41. The standard InChI is InChI=1S/C14H19ClFNO3/c1-3-6-14(2,19)9-17-13(18)8-20-10-4-5-12(16)11(15)7-10/h4-5,7,19H,3,6,8-9H2,1-2H3,(H,17,18)/t14-/m0/s1. The van der Waals surface area contributed by atoms with E-state index in [9.17, 15) is 14.3 Å². The molecule has 6 heteroatoms. The number of rotatable bonds is 7. The van der Waals surface area contributed by atoms with Gasteiger partial charge in [-0.3, -0.25) is 4.79 Å². The van der Waals surface area contributed by atoms with Gasteiger partial charge in [-0.15, -0.1) is 0 Å². The molecule has 1 aromatic rings. The highest BCUT2D eigenvalue weighted by Crippen LogP contribution is 2.20. The summed E-state index contributed by atoms with van der Waals surface area (Å²) in [6.07, 6.45) is 1.43. The predicted molar refractivity (Wildman–Crippen MR) is 75.4 cm³/mol. The molecule has 0 aromatic heterocycles. The number of carbonyl (C=O) groups is 1. The van der Waals surface area contributed by atoms with Crippen molar-refractivity contribution in [3.63, 3.8) is 0 Å². The third-order valence-electron chi connectivity index (χ3n) is 2.72. The molecule has 20 heavy (non-hydrogen) atoms. The van der Waals surface area contributed by atoms with Crippen molar-refractivity contribution in [1.29, 1.82) is 0 Å². The van der Waals surface area contributed by atoms with E-state index in [-0.39, 0.29) is 24.1 Å². The van der Waals surface area contributed by atoms with Gasteiger partial charge >= 0.3 is 0 Å². The van der Waals surface area contributed by atoms with Gasteiger partial charge in [-0.05, 0) is 25.5 Å². The molecule has 0 saturated heterocycles. The molecule has 112 valence electrons. The predicted octanol–water partition coefficient (Wildman–Crippen LogP) is 2.53. The molecule has 0 bridgehead atoms. The normalized spacial score (nSPS) is 13.7. The Labute approximate surface area is 122 Å². The Morgan fingerprint density at radius 2 is 2.25 bits per heavy atom. The van der Waals surface area contributed by atoms with E-state index in [1.165, 1.54) is 18.2 Å². The molecular weight excluding hydrogens is 285 g/mol. The van der Waals surface area contributed by atoms with E-state index in [2.05, 4.69) is 5.32 Å². The summed E-state index contributed by atoms with van der Waals surface area (Å²) in [5, 5.41) is 12.4. The zero-order valence-corrected chi connectivity index (χ0v) is 12.3. The first-order chi connectivity index (χ1) is 9.34. The van der Waals surface area contributed by atoms with Crippen molar-refractivity contribution in [3.05, 3.63) is 29.0 Å². The molecule has 0 fully saturated rings. The second-order valence-electron chi connectivity index (χ2n) is 4.89. The molecule has 1 aromatic carbocycles. The quantitative estimate of drug-likeness (QED) is 0.814. The van der Waals surface area contributed by atoms with Crippen molar-refractivity contribution in [2.75, 3.05) is 13.2 Å². The molecule has 0 unspecified atom stereocenters. The minimum atomic E-state index is -0.927. The van der Waals surface area contributed by atoms with Crippen molar-refractivity contribution in [3.8, 4) is 5.75 Å². The molecule has 0 aliphatic carbocycles. The van der Waals surface area contributed by atoms with Crippen molar-refractivity contribution in [2.45, 2.75) is 32.3 Å². The Morgan fingerprint density at radius 3 is 2.85 bits per heavy atom. The third-order valence-corrected chi connectivity index (χ3v) is 3.01. The summed E-state index contributed by atoms with van der Waals surface area (Å²) < 4.78 is 18.1. The molecule has 0 radical (unpaired) electrons. The van der Waals surface area contributed by atoms with Crippen LogP contribution in [0.3, 0.4) is 0 Å². The van der Waals surface area contributed by atoms with E-state index in [4.69, 9.17) is 16.3 Å². The highest BCUT2D eigenvalue weighted by molar-refractivity contribution is 6.30. The number of amides is 1. The van der Waals surface area contributed by atoms with E-state index >= 15 is 0 Å². The van der Waals surface area contributed by atoms with Gasteiger partial charge in [0.05, 0.1) is 10.6 Å². The van der Waals surface area contributed by atoms with E-state index in [1.54, 1.807) is 6.92 Å². The number of halogens is 2. The van der Waals surface area contributed by atoms with Crippen LogP contribution in [-0.4, -0.2) is 29.8 Å². The lowest BCUT2D eigenvalue weighted by Gasteiger charge is -2.22. The largest absolute Gasteiger partial charge is 0.484 e. The summed E-state index contributed by atoms with van der Waals surface area (Å²) in [4.78, 5) is 11.6. The summed E-state index contributed by atoms with van der Waals surface area (Å²) in [6, 6.07) is 3.86. The monoisotopic (exact) mass is 303 g/mol. The molecule has 2 N–H and O–H groups in total. The number of carbonyl (C=O) groups excluding carboxylic acids is 1. The molecule has 0 aliphatic rings. The number of benzene rings is 1. The smallest absolute Gasteiger partial charge is 0.258 e. The summed E-state index contributed by atoms with van der Waals surface area (Å²) in [5.41, 5.74) is -0.927. The van der Waals surface area contributed by atoms with Gasteiger partial charge in [-0.1, -0.05) is 24.9 Å². The Morgan fingerprint density at radius 1 is 1.55 bits per heavy atom. The maximum Gasteiger partial charge on any atom is 0.258 e. The maximum atomic E-state index is 12.9. The first kappa shape index (κ1) is 16.7. The Kier molecular flexibility index (Phi) is 6.23. The molecule has 0 heterocycles. The van der Waals surface area contributed by atoms with Crippen LogP contribution in [0.15, 0.2) is 18.2 Å².